The Bertz CT molecular complexity index is 561. The fraction of sp³-hybridized carbons (Fsp3) is 0.417. The lowest BCUT2D eigenvalue weighted by Gasteiger charge is -2.13. The SMILES string of the molecule is COCC(C)NS(=O)(=O)c1ccc(C#N)c(C)c1. The van der Waals surface area contributed by atoms with Crippen molar-refractivity contribution >= 4 is 10.0 Å². The van der Waals surface area contributed by atoms with Gasteiger partial charge in [-0.2, -0.15) is 5.26 Å². The van der Waals surface area contributed by atoms with Gasteiger partial charge in [-0.1, -0.05) is 0 Å². The quantitative estimate of drug-likeness (QED) is 0.869. The summed E-state index contributed by atoms with van der Waals surface area (Å²) >= 11 is 0. The van der Waals surface area contributed by atoms with E-state index in [-0.39, 0.29) is 10.9 Å². The van der Waals surface area contributed by atoms with Gasteiger partial charge in [0.2, 0.25) is 10.0 Å². The highest BCUT2D eigenvalue weighted by Crippen LogP contribution is 2.15. The lowest BCUT2D eigenvalue weighted by molar-refractivity contribution is 0.180. The molecule has 0 aliphatic rings. The molecule has 0 heterocycles. The van der Waals surface area contributed by atoms with Gasteiger partial charge in [0.15, 0.2) is 0 Å². The van der Waals surface area contributed by atoms with Crippen molar-refractivity contribution in [1.29, 1.82) is 5.26 Å². The van der Waals surface area contributed by atoms with E-state index in [0.29, 0.717) is 17.7 Å². The first-order valence-corrected chi connectivity index (χ1v) is 6.91. The molecule has 0 amide bonds. The molecule has 98 valence electrons. The number of hydrogen-bond donors (Lipinski definition) is 1. The summed E-state index contributed by atoms with van der Waals surface area (Å²) in [5.74, 6) is 0. The fourth-order valence-electron chi connectivity index (χ4n) is 1.55. The van der Waals surface area contributed by atoms with E-state index in [9.17, 15) is 8.42 Å². The lowest BCUT2D eigenvalue weighted by atomic mass is 10.1. The molecule has 5 nitrogen and oxygen atoms in total. The Morgan fingerprint density at radius 1 is 1.50 bits per heavy atom. The van der Waals surface area contributed by atoms with Crippen LogP contribution in [0.15, 0.2) is 23.1 Å². The van der Waals surface area contributed by atoms with Gasteiger partial charge in [0.05, 0.1) is 23.1 Å². The molecule has 0 aliphatic heterocycles. The minimum absolute atomic E-state index is 0.155. The first kappa shape index (κ1) is 14.6. The standard InChI is InChI=1S/C12H16N2O3S/c1-9-6-12(5-4-11(9)7-13)18(15,16)14-10(2)8-17-3/h4-6,10,14H,8H2,1-3H3. The molecule has 1 aromatic rings. The number of methoxy groups -OCH3 is 1. The first-order chi connectivity index (χ1) is 8.40. The second-order valence-corrected chi connectivity index (χ2v) is 5.78. The third kappa shape index (κ3) is 3.53. The van der Waals surface area contributed by atoms with Crippen LogP contribution >= 0.6 is 0 Å². The van der Waals surface area contributed by atoms with Gasteiger partial charge in [0.25, 0.3) is 0 Å². The van der Waals surface area contributed by atoms with Crippen molar-refractivity contribution in [3.63, 3.8) is 0 Å². The van der Waals surface area contributed by atoms with Crippen LogP contribution in [0, 0.1) is 18.3 Å². The Labute approximate surface area is 107 Å². The molecule has 0 fully saturated rings. The molecule has 6 heteroatoms. The van der Waals surface area contributed by atoms with Gasteiger partial charge >= 0.3 is 0 Å². The number of ether oxygens (including phenoxy) is 1. The van der Waals surface area contributed by atoms with Gasteiger partial charge in [-0.15, -0.1) is 0 Å². The highest BCUT2D eigenvalue weighted by atomic mass is 32.2. The van der Waals surface area contributed by atoms with Gasteiger partial charge in [-0.3, -0.25) is 0 Å². The molecular formula is C12H16N2O3S. The molecule has 1 N–H and O–H groups in total. The third-order valence-electron chi connectivity index (χ3n) is 2.40. The van der Waals surface area contributed by atoms with E-state index in [2.05, 4.69) is 4.72 Å². The molecule has 0 aromatic heterocycles. The van der Waals surface area contributed by atoms with E-state index >= 15 is 0 Å². The molecule has 1 rings (SSSR count). The molecule has 1 atom stereocenters. The number of sulfonamides is 1. The Kier molecular flexibility index (Phi) is 4.84. The van der Waals surface area contributed by atoms with Crippen molar-refractivity contribution < 1.29 is 13.2 Å². The molecule has 0 saturated heterocycles. The Morgan fingerprint density at radius 3 is 2.67 bits per heavy atom. The van der Waals surface area contributed by atoms with Crippen LogP contribution in [0.1, 0.15) is 18.1 Å². The fourth-order valence-corrected chi connectivity index (χ4v) is 2.86. The number of rotatable bonds is 5. The second-order valence-electron chi connectivity index (χ2n) is 4.07. The zero-order chi connectivity index (χ0) is 13.8. The molecule has 0 bridgehead atoms. The van der Waals surface area contributed by atoms with Gasteiger partial charge in [0.1, 0.15) is 0 Å². The zero-order valence-corrected chi connectivity index (χ0v) is 11.4. The zero-order valence-electron chi connectivity index (χ0n) is 10.6. The minimum Gasteiger partial charge on any atom is -0.383 e. The van der Waals surface area contributed by atoms with Crippen LogP contribution in [0.5, 0.6) is 0 Å². The van der Waals surface area contributed by atoms with Gasteiger partial charge in [-0.25, -0.2) is 13.1 Å². The Morgan fingerprint density at radius 2 is 2.17 bits per heavy atom. The molecule has 18 heavy (non-hydrogen) atoms. The summed E-state index contributed by atoms with van der Waals surface area (Å²) in [5.41, 5.74) is 1.11. The maximum atomic E-state index is 12.0. The highest BCUT2D eigenvalue weighted by molar-refractivity contribution is 7.89. The summed E-state index contributed by atoms with van der Waals surface area (Å²) in [6.45, 7) is 3.72. The summed E-state index contributed by atoms with van der Waals surface area (Å²) < 4.78 is 31.4. The van der Waals surface area contributed by atoms with Crippen molar-refractivity contribution in [1.82, 2.24) is 4.72 Å². The predicted octanol–water partition coefficient (Wildman–Crippen LogP) is 1.18. The Balaban J connectivity index is 2.99. The van der Waals surface area contributed by atoms with Gasteiger partial charge < -0.3 is 4.74 Å². The molecular weight excluding hydrogens is 252 g/mol. The van der Waals surface area contributed by atoms with Crippen LogP contribution in [0.3, 0.4) is 0 Å². The summed E-state index contributed by atoms with van der Waals surface area (Å²) in [7, 11) is -2.06. The normalized spacial score (nSPS) is 13.0. The van der Waals surface area contributed by atoms with Crippen LogP contribution in [-0.4, -0.2) is 28.2 Å². The van der Waals surface area contributed by atoms with E-state index in [0.717, 1.165) is 0 Å². The molecule has 1 aromatic carbocycles. The van der Waals surface area contributed by atoms with Crippen molar-refractivity contribution in [2.24, 2.45) is 0 Å². The monoisotopic (exact) mass is 268 g/mol. The summed E-state index contributed by atoms with van der Waals surface area (Å²) in [5, 5.41) is 8.80. The van der Waals surface area contributed by atoms with E-state index < -0.39 is 10.0 Å². The smallest absolute Gasteiger partial charge is 0.240 e. The van der Waals surface area contributed by atoms with E-state index in [1.54, 1.807) is 13.8 Å². The molecule has 0 radical (unpaired) electrons. The lowest BCUT2D eigenvalue weighted by Crippen LogP contribution is -2.35. The number of nitrogens with zero attached hydrogens (tertiary/aromatic N) is 1. The van der Waals surface area contributed by atoms with Gasteiger partial charge in [-0.05, 0) is 37.6 Å². The summed E-state index contributed by atoms with van der Waals surface area (Å²) in [4.78, 5) is 0.155. The summed E-state index contributed by atoms with van der Waals surface area (Å²) in [6.07, 6.45) is 0. The second kappa shape index (κ2) is 5.96. The Hall–Kier alpha value is -1.42. The third-order valence-corrected chi connectivity index (χ3v) is 3.99. The molecule has 0 spiro atoms. The van der Waals surface area contributed by atoms with Crippen LogP contribution in [0.2, 0.25) is 0 Å². The molecule has 0 saturated carbocycles. The first-order valence-electron chi connectivity index (χ1n) is 5.42. The van der Waals surface area contributed by atoms with E-state index in [1.165, 1.54) is 25.3 Å². The number of aryl methyl sites for hydroxylation is 1. The van der Waals surface area contributed by atoms with E-state index in [1.807, 2.05) is 6.07 Å². The average Bonchev–Trinajstić information content (AvgIpc) is 2.28. The number of benzene rings is 1. The number of hydrogen-bond acceptors (Lipinski definition) is 4. The van der Waals surface area contributed by atoms with Crippen LogP contribution in [0.4, 0.5) is 0 Å². The average molecular weight is 268 g/mol. The number of nitriles is 1. The maximum absolute atomic E-state index is 12.0. The van der Waals surface area contributed by atoms with Crippen molar-refractivity contribution in [3.8, 4) is 6.07 Å². The number of nitrogens with one attached hydrogen (secondary N) is 1. The maximum Gasteiger partial charge on any atom is 0.240 e. The highest BCUT2D eigenvalue weighted by Gasteiger charge is 2.17. The van der Waals surface area contributed by atoms with Crippen LogP contribution < -0.4 is 4.72 Å². The topological polar surface area (TPSA) is 79.2 Å². The van der Waals surface area contributed by atoms with Crippen molar-refractivity contribution in [3.05, 3.63) is 29.3 Å². The summed E-state index contributed by atoms with van der Waals surface area (Å²) in [6, 6.07) is 6.11. The largest absolute Gasteiger partial charge is 0.383 e. The molecule has 0 aliphatic carbocycles. The predicted molar refractivity (Wildman–Crippen MR) is 67.6 cm³/mol. The van der Waals surface area contributed by atoms with E-state index in [4.69, 9.17) is 10.00 Å². The van der Waals surface area contributed by atoms with Crippen LogP contribution in [0.25, 0.3) is 0 Å². The minimum atomic E-state index is -3.57. The van der Waals surface area contributed by atoms with Crippen molar-refractivity contribution in [2.45, 2.75) is 24.8 Å². The van der Waals surface area contributed by atoms with Crippen molar-refractivity contribution in [2.75, 3.05) is 13.7 Å². The van der Waals surface area contributed by atoms with Crippen LogP contribution in [-0.2, 0) is 14.8 Å². The molecule has 1 unspecified atom stereocenters. The van der Waals surface area contributed by atoms with Gasteiger partial charge in [0, 0.05) is 13.2 Å².